The Morgan fingerprint density at radius 1 is 1.17 bits per heavy atom. The van der Waals surface area contributed by atoms with Crippen molar-refractivity contribution in [1.82, 2.24) is 4.90 Å². The van der Waals surface area contributed by atoms with Crippen molar-refractivity contribution in [2.24, 2.45) is 0 Å². The van der Waals surface area contributed by atoms with Gasteiger partial charge in [-0.2, -0.15) is 0 Å². The molecule has 3 rings (SSSR count). The van der Waals surface area contributed by atoms with E-state index in [0.717, 1.165) is 44.6 Å². The predicted molar refractivity (Wildman–Crippen MR) is 97.4 cm³/mol. The first-order chi connectivity index (χ1) is 11.6. The van der Waals surface area contributed by atoms with Gasteiger partial charge in [0.05, 0.1) is 12.6 Å². The van der Waals surface area contributed by atoms with E-state index in [2.05, 4.69) is 27.2 Å². The molecule has 1 amide bonds. The quantitative estimate of drug-likeness (QED) is 0.870. The number of hydrogen-bond donors (Lipinski definition) is 2. The molecule has 1 aromatic carbocycles. The minimum absolute atomic E-state index is 0.00327. The van der Waals surface area contributed by atoms with Gasteiger partial charge in [-0.1, -0.05) is 6.42 Å². The fourth-order valence-electron chi connectivity index (χ4n) is 3.88. The van der Waals surface area contributed by atoms with Crippen molar-refractivity contribution >= 4 is 17.3 Å². The van der Waals surface area contributed by atoms with Crippen LogP contribution in [-0.4, -0.2) is 54.2 Å². The second kappa shape index (κ2) is 7.99. The summed E-state index contributed by atoms with van der Waals surface area (Å²) >= 11 is 0. The summed E-state index contributed by atoms with van der Waals surface area (Å²) in [6, 6.07) is 8.23. The van der Waals surface area contributed by atoms with Gasteiger partial charge in [-0.15, -0.1) is 0 Å². The molecule has 1 aromatic rings. The number of piperidine rings is 1. The molecular weight excluding hydrogens is 302 g/mol. The van der Waals surface area contributed by atoms with Crippen LogP contribution in [0.25, 0.3) is 0 Å². The van der Waals surface area contributed by atoms with Crippen molar-refractivity contribution in [3.63, 3.8) is 0 Å². The third kappa shape index (κ3) is 4.28. The van der Waals surface area contributed by atoms with Gasteiger partial charge in [-0.3, -0.25) is 9.69 Å². The molecule has 0 radical (unpaired) electrons. The number of amides is 1. The number of anilines is 2. The van der Waals surface area contributed by atoms with Crippen LogP contribution in [0.1, 0.15) is 39.0 Å². The maximum absolute atomic E-state index is 12.3. The molecule has 0 aliphatic carbocycles. The highest BCUT2D eigenvalue weighted by Crippen LogP contribution is 2.23. The summed E-state index contributed by atoms with van der Waals surface area (Å²) in [7, 11) is 0. The van der Waals surface area contributed by atoms with Crippen LogP contribution in [0, 0.1) is 0 Å². The molecule has 132 valence electrons. The Balaban J connectivity index is 1.54. The topological polar surface area (TPSA) is 55.8 Å². The lowest BCUT2D eigenvalue weighted by Crippen LogP contribution is -2.48. The highest BCUT2D eigenvalue weighted by atomic mass is 16.3. The lowest BCUT2D eigenvalue weighted by atomic mass is 9.98. The average Bonchev–Trinajstić information content (AvgIpc) is 3.10. The van der Waals surface area contributed by atoms with Crippen LogP contribution in [0.2, 0.25) is 0 Å². The van der Waals surface area contributed by atoms with E-state index in [0.29, 0.717) is 6.54 Å². The fraction of sp³-hybridized carbons (Fsp3) is 0.632. The molecule has 5 nitrogen and oxygen atoms in total. The lowest BCUT2D eigenvalue weighted by Gasteiger charge is -2.36. The van der Waals surface area contributed by atoms with E-state index < -0.39 is 6.10 Å². The number of carbonyl (C=O) groups excluding carboxylic acids is 1. The largest absolute Gasteiger partial charge is 0.392 e. The summed E-state index contributed by atoms with van der Waals surface area (Å²) in [4.78, 5) is 16.8. The highest BCUT2D eigenvalue weighted by molar-refractivity contribution is 5.92. The molecule has 0 aromatic heterocycles. The number of rotatable bonds is 5. The molecule has 24 heavy (non-hydrogen) atoms. The van der Waals surface area contributed by atoms with Gasteiger partial charge in [0.25, 0.3) is 0 Å². The van der Waals surface area contributed by atoms with Gasteiger partial charge in [0, 0.05) is 30.5 Å². The first-order valence-corrected chi connectivity index (χ1v) is 9.20. The van der Waals surface area contributed by atoms with E-state index >= 15 is 0 Å². The zero-order chi connectivity index (χ0) is 16.9. The minimum atomic E-state index is -0.391. The second-order valence-electron chi connectivity index (χ2n) is 7.06. The van der Waals surface area contributed by atoms with E-state index in [1.165, 1.54) is 18.5 Å². The molecular formula is C19H29N3O2. The molecule has 0 saturated carbocycles. The summed E-state index contributed by atoms with van der Waals surface area (Å²) in [5, 5.41) is 12.9. The zero-order valence-electron chi connectivity index (χ0n) is 14.6. The van der Waals surface area contributed by atoms with E-state index in [1.54, 1.807) is 0 Å². The third-order valence-corrected chi connectivity index (χ3v) is 5.19. The standard InChI is InChI=1S/C19H29N3O2/c1-15(23)18-6-2-3-13-22(18)14-19(24)20-16-7-9-17(10-8-16)21-11-4-5-12-21/h7-10,15,18,23H,2-6,11-14H2,1H3,(H,20,24). The number of nitrogens with one attached hydrogen (secondary N) is 1. The van der Waals surface area contributed by atoms with Crippen LogP contribution in [0.3, 0.4) is 0 Å². The maximum Gasteiger partial charge on any atom is 0.238 e. The SMILES string of the molecule is CC(O)C1CCCCN1CC(=O)Nc1ccc(N2CCCC2)cc1. The molecule has 2 fully saturated rings. The number of nitrogens with zero attached hydrogens (tertiary/aromatic N) is 2. The van der Waals surface area contributed by atoms with Crippen molar-refractivity contribution in [1.29, 1.82) is 0 Å². The monoisotopic (exact) mass is 331 g/mol. The molecule has 2 saturated heterocycles. The van der Waals surface area contributed by atoms with Crippen LogP contribution < -0.4 is 10.2 Å². The Hall–Kier alpha value is -1.59. The molecule has 2 heterocycles. The van der Waals surface area contributed by atoms with Gasteiger partial charge in [-0.25, -0.2) is 0 Å². The zero-order valence-corrected chi connectivity index (χ0v) is 14.6. The Bertz CT molecular complexity index is 538. The molecule has 2 aliphatic rings. The van der Waals surface area contributed by atoms with Gasteiger partial charge in [-0.05, 0) is 63.4 Å². The average molecular weight is 331 g/mol. The van der Waals surface area contributed by atoms with Gasteiger partial charge >= 0.3 is 0 Å². The van der Waals surface area contributed by atoms with Crippen LogP contribution in [0.5, 0.6) is 0 Å². The van der Waals surface area contributed by atoms with Gasteiger partial charge in [0.15, 0.2) is 0 Å². The van der Waals surface area contributed by atoms with Crippen molar-refractivity contribution in [2.75, 3.05) is 36.4 Å². The Morgan fingerprint density at radius 3 is 2.50 bits per heavy atom. The first kappa shape index (κ1) is 17.2. The number of hydrogen-bond acceptors (Lipinski definition) is 4. The number of carbonyl (C=O) groups is 1. The van der Waals surface area contributed by atoms with Gasteiger partial charge in [0.1, 0.15) is 0 Å². The van der Waals surface area contributed by atoms with Crippen molar-refractivity contribution in [2.45, 2.75) is 51.2 Å². The van der Waals surface area contributed by atoms with Crippen LogP contribution >= 0.6 is 0 Å². The number of benzene rings is 1. The summed E-state index contributed by atoms with van der Waals surface area (Å²) in [6.07, 6.45) is 5.33. The second-order valence-corrected chi connectivity index (χ2v) is 7.06. The molecule has 0 spiro atoms. The number of aliphatic hydroxyl groups is 1. The minimum Gasteiger partial charge on any atom is -0.392 e. The molecule has 2 aliphatic heterocycles. The van der Waals surface area contributed by atoms with Crippen LogP contribution in [0.4, 0.5) is 11.4 Å². The molecule has 2 atom stereocenters. The van der Waals surface area contributed by atoms with Crippen LogP contribution in [0.15, 0.2) is 24.3 Å². The van der Waals surface area contributed by atoms with Crippen molar-refractivity contribution in [3.8, 4) is 0 Å². The van der Waals surface area contributed by atoms with Crippen LogP contribution in [-0.2, 0) is 4.79 Å². The van der Waals surface area contributed by atoms with Crippen molar-refractivity contribution < 1.29 is 9.90 Å². The molecule has 2 N–H and O–H groups in total. The normalized spacial score (nSPS) is 23.2. The Kier molecular flexibility index (Phi) is 5.74. The smallest absolute Gasteiger partial charge is 0.238 e. The highest BCUT2D eigenvalue weighted by Gasteiger charge is 2.27. The third-order valence-electron chi connectivity index (χ3n) is 5.19. The van der Waals surface area contributed by atoms with E-state index in [-0.39, 0.29) is 11.9 Å². The van der Waals surface area contributed by atoms with Crippen molar-refractivity contribution in [3.05, 3.63) is 24.3 Å². The summed E-state index contributed by atoms with van der Waals surface area (Å²) < 4.78 is 0. The van der Waals surface area contributed by atoms with Gasteiger partial charge < -0.3 is 15.3 Å². The maximum atomic E-state index is 12.3. The number of likely N-dealkylation sites (tertiary alicyclic amines) is 1. The van der Waals surface area contributed by atoms with E-state index in [4.69, 9.17) is 0 Å². The van der Waals surface area contributed by atoms with E-state index in [9.17, 15) is 9.90 Å². The van der Waals surface area contributed by atoms with Gasteiger partial charge in [0.2, 0.25) is 5.91 Å². The summed E-state index contributed by atoms with van der Waals surface area (Å²) in [5.41, 5.74) is 2.07. The Morgan fingerprint density at radius 2 is 1.83 bits per heavy atom. The van der Waals surface area contributed by atoms with E-state index in [1.807, 2.05) is 19.1 Å². The number of aliphatic hydroxyl groups excluding tert-OH is 1. The lowest BCUT2D eigenvalue weighted by molar-refractivity contribution is -0.118. The predicted octanol–water partition coefficient (Wildman–Crippen LogP) is 2.46. The summed E-state index contributed by atoms with van der Waals surface area (Å²) in [5.74, 6) is -0.00327. The summed E-state index contributed by atoms with van der Waals surface area (Å²) in [6.45, 7) is 5.31. The molecule has 2 unspecified atom stereocenters. The fourth-order valence-corrected chi connectivity index (χ4v) is 3.88. The Labute approximate surface area is 144 Å². The first-order valence-electron chi connectivity index (χ1n) is 9.20. The molecule has 0 bridgehead atoms. The molecule has 5 heteroatoms.